The van der Waals surface area contributed by atoms with Crippen LogP contribution in [-0.4, -0.2) is 72.4 Å². The fourth-order valence-corrected chi connectivity index (χ4v) is 1.48. The molecule has 0 atom stereocenters. The second-order valence-corrected chi connectivity index (χ2v) is 6.19. The molecule has 0 unspecified atom stereocenters. The normalized spacial score (nSPS) is 7.73. The van der Waals surface area contributed by atoms with E-state index in [9.17, 15) is 10.2 Å². The van der Waals surface area contributed by atoms with E-state index in [1.54, 1.807) is 25.1 Å². The van der Waals surface area contributed by atoms with Crippen LogP contribution in [0.2, 0.25) is 0 Å². The number of phenols is 2. The molecule has 22 heteroatoms. The molecule has 0 spiro atoms. The number of hydrogen-bond acceptors (Lipinski definition) is 4. The summed E-state index contributed by atoms with van der Waals surface area (Å²) >= 11 is 0. The first-order valence-electron chi connectivity index (χ1n) is 5.67. The average molecular weight is 574 g/mol. The average Bonchev–Trinajstić information content (AvgIpc) is 2.32. The number of aryl methyl sites for hydroxylation is 1. The van der Waals surface area contributed by atoms with Crippen molar-refractivity contribution in [2.24, 2.45) is 0 Å². The molecule has 2 aromatic rings. The molecule has 0 aromatic heterocycles. The molecular weight excluding hydrogens is 542 g/mol. The van der Waals surface area contributed by atoms with Gasteiger partial charge in [-0.2, -0.15) is 0 Å². The van der Waals surface area contributed by atoms with E-state index in [0.717, 1.165) is 0 Å². The van der Waals surface area contributed by atoms with Gasteiger partial charge in [-0.3, -0.25) is 0 Å². The van der Waals surface area contributed by atoms with Gasteiger partial charge in [-0.25, -0.2) is 9.13 Å². The van der Waals surface area contributed by atoms with Gasteiger partial charge in [0, 0.05) is 10.8 Å². The summed E-state index contributed by atoms with van der Waals surface area (Å²) in [7, 11) is -9.28. The van der Waals surface area contributed by atoms with Crippen LogP contribution in [0.25, 0.3) is 10.8 Å². The molecule has 0 fully saturated rings. The maximum atomic E-state index is 9.67. The second-order valence-electron chi connectivity index (χ2n) is 4.13. The summed E-state index contributed by atoms with van der Waals surface area (Å²) in [5, 5.41) is 20.6. The quantitative estimate of drug-likeness (QED) is 0.0834. The van der Waals surface area contributed by atoms with E-state index in [-0.39, 0.29) is 168 Å². The van der Waals surface area contributed by atoms with Crippen LogP contribution in [0.4, 0.5) is 0 Å². The first-order valence-corrected chi connectivity index (χ1v) is 8.80. The Balaban J connectivity index is -0.0000000141. The number of hydrogen-bond donors (Lipinski definition) is 8. The van der Waals surface area contributed by atoms with Crippen molar-refractivity contribution in [1.29, 1.82) is 0 Å². The summed E-state index contributed by atoms with van der Waals surface area (Å²) in [6.45, 7) is 1.77. The van der Waals surface area contributed by atoms with Crippen molar-refractivity contribution in [3.8, 4) is 11.5 Å². The Kier molecular flexibility index (Phi) is 68.9. The largest absolute Gasteiger partial charge is 1.00 e. The summed E-state index contributed by atoms with van der Waals surface area (Å²) < 4.78 is 17.8. The van der Waals surface area contributed by atoms with Crippen LogP contribution in [0.5, 0.6) is 11.5 Å². The monoisotopic (exact) mass is 574 g/mol. The number of aromatic hydroxyl groups is 2. The molecule has 0 saturated carbocycles. The molecule has 186 valence electrons. The topological polar surface area (TPSA) is 385 Å². The van der Waals surface area contributed by atoms with Gasteiger partial charge in [-0.15, -0.1) is 0 Å². The SMILES string of the molecule is Cc1cc(O)c2ccccc2c1O.O.O.O.O.O.O.O=P(O)(O)O.O=P(O)(O)O.[H-].[H-].[H-].[H-].[Na+].[Na+].[Na+].[Na+]. The number of rotatable bonds is 0. The van der Waals surface area contributed by atoms with Crippen molar-refractivity contribution in [3.05, 3.63) is 35.9 Å². The van der Waals surface area contributed by atoms with Gasteiger partial charge in [0.2, 0.25) is 0 Å². The standard InChI is InChI=1S/C11H10O2.4Na.2H3O4P.6H2O.4H/c1-7-6-10(12)8-4-2-3-5-9(8)11(7)13;;;;;2*1-5(2,3)4;;;;;;;;;;/h2-6,12-13H,1H3;;;;;2*(H3,1,2,3,4);6*1H2;;;;/q;4*+1;;;;;;;;;4*-1. The van der Waals surface area contributed by atoms with Crippen molar-refractivity contribution in [2.75, 3.05) is 0 Å². The third-order valence-electron chi connectivity index (χ3n) is 2.18. The van der Waals surface area contributed by atoms with E-state index >= 15 is 0 Å². The Labute approximate surface area is 282 Å². The van der Waals surface area contributed by atoms with E-state index in [4.69, 9.17) is 38.5 Å². The van der Waals surface area contributed by atoms with Gasteiger partial charge in [0.05, 0.1) is 0 Å². The van der Waals surface area contributed by atoms with Gasteiger partial charge in [0.25, 0.3) is 0 Å². The van der Waals surface area contributed by atoms with Crippen LogP contribution in [0, 0.1) is 6.92 Å². The van der Waals surface area contributed by atoms with E-state index in [1.165, 1.54) is 0 Å². The van der Waals surface area contributed by atoms with Crippen molar-refractivity contribution >= 4 is 26.4 Å². The molecule has 2 rings (SSSR count). The first-order chi connectivity index (χ1) is 10.2. The Morgan fingerprint density at radius 2 is 0.879 bits per heavy atom. The molecule has 0 aliphatic carbocycles. The van der Waals surface area contributed by atoms with Crippen LogP contribution in [0.1, 0.15) is 11.3 Å². The minimum Gasteiger partial charge on any atom is -1.00 e. The molecule has 0 aliphatic heterocycles. The number of benzene rings is 2. The minimum atomic E-state index is -4.64. The molecule has 2 aromatic carbocycles. The van der Waals surface area contributed by atoms with Gasteiger partial charge in [0.15, 0.2) is 0 Å². The number of phosphoric acid groups is 2. The van der Waals surface area contributed by atoms with Gasteiger partial charge in [-0.05, 0) is 18.6 Å². The Hall–Kier alpha value is 2.28. The minimum absolute atomic E-state index is 0. The molecule has 0 heterocycles. The van der Waals surface area contributed by atoms with Crippen LogP contribution in [0.3, 0.4) is 0 Å². The fraction of sp³-hybridized carbons (Fsp3) is 0.0909. The summed E-state index contributed by atoms with van der Waals surface area (Å²) in [5.41, 5.74) is 0.691. The van der Waals surface area contributed by atoms with Gasteiger partial charge in [-0.1, -0.05) is 24.3 Å². The number of fused-ring (bicyclic) bond motifs is 1. The Morgan fingerprint density at radius 3 is 1.15 bits per heavy atom. The van der Waals surface area contributed by atoms with Gasteiger partial charge < -0.3 is 78.1 Å². The van der Waals surface area contributed by atoms with Crippen LogP contribution in [-0.2, 0) is 9.13 Å². The third-order valence-corrected chi connectivity index (χ3v) is 2.18. The zero-order valence-corrected chi connectivity index (χ0v) is 28.5. The van der Waals surface area contributed by atoms with Crippen molar-refractivity contribution in [1.82, 2.24) is 0 Å². The van der Waals surface area contributed by atoms with Gasteiger partial charge in [0.1, 0.15) is 11.5 Å². The smallest absolute Gasteiger partial charge is 1.00 e. The Bertz CT molecular complexity index is 753. The predicted molar refractivity (Wildman–Crippen MR) is 107 cm³/mol. The van der Waals surface area contributed by atoms with Crippen LogP contribution in [0.15, 0.2) is 30.3 Å². The van der Waals surface area contributed by atoms with Crippen molar-refractivity contribution < 1.29 is 205 Å². The summed E-state index contributed by atoms with van der Waals surface area (Å²) in [6.07, 6.45) is 0. The van der Waals surface area contributed by atoms with E-state index in [2.05, 4.69) is 0 Å². The first kappa shape index (κ1) is 70.3. The van der Waals surface area contributed by atoms with E-state index < -0.39 is 15.6 Å². The molecule has 0 aliphatic rings. The fourth-order valence-electron chi connectivity index (χ4n) is 1.48. The maximum Gasteiger partial charge on any atom is 1.00 e. The van der Waals surface area contributed by atoms with E-state index in [0.29, 0.717) is 16.3 Å². The molecule has 16 nitrogen and oxygen atoms in total. The molecule has 0 radical (unpaired) electrons. The zero-order chi connectivity index (χ0) is 18.4. The number of phenolic OH excluding ortho intramolecular Hbond substituents is 2. The molecular formula is C11H32Na4O16P2. The van der Waals surface area contributed by atoms with Crippen molar-refractivity contribution in [2.45, 2.75) is 6.92 Å². The maximum absolute atomic E-state index is 9.67. The van der Waals surface area contributed by atoms with Gasteiger partial charge >= 0.3 is 134 Å². The summed E-state index contributed by atoms with van der Waals surface area (Å²) in [5.74, 6) is 0.458. The summed E-state index contributed by atoms with van der Waals surface area (Å²) in [6, 6.07) is 8.80. The third kappa shape index (κ3) is 41.7. The summed E-state index contributed by atoms with van der Waals surface area (Å²) in [4.78, 5) is 43.1. The Morgan fingerprint density at radius 1 is 0.636 bits per heavy atom. The van der Waals surface area contributed by atoms with Crippen molar-refractivity contribution in [3.63, 3.8) is 0 Å². The molecule has 20 N–H and O–H groups in total. The second kappa shape index (κ2) is 32.3. The van der Waals surface area contributed by atoms with Crippen LogP contribution < -0.4 is 118 Å². The molecule has 33 heavy (non-hydrogen) atoms. The predicted octanol–water partition coefficient (Wildman–Crippen LogP) is -15.8. The zero-order valence-electron chi connectivity index (χ0n) is 22.7. The van der Waals surface area contributed by atoms with Crippen LogP contribution >= 0.6 is 15.6 Å². The van der Waals surface area contributed by atoms with E-state index in [1.807, 2.05) is 12.1 Å². The molecule has 0 amide bonds. The molecule has 0 saturated heterocycles. The molecule has 0 bridgehead atoms.